The molecular formula is C27H35N3O5. The van der Waals surface area contributed by atoms with Gasteiger partial charge in [-0.2, -0.15) is 0 Å². The quantitative estimate of drug-likeness (QED) is 0.542. The molecule has 8 nitrogen and oxygen atoms in total. The summed E-state index contributed by atoms with van der Waals surface area (Å²) < 4.78 is 5.25. The van der Waals surface area contributed by atoms with Crippen LogP contribution >= 0.6 is 0 Å². The Bertz CT molecular complexity index is 1110. The van der Waals surface area contributed by atoms with Gasteiger partial charge in [-0.3, -0.25) is 9.59 Å². The van der Waals surface area contributed by atoms with Crippen molar-refractivity contribution < 1.29 is 24.2 Å². The topological polar surface area (TPSA) is 108 Å². The van der Waals surface area contributed by atoms with E-state index in [1.165, 1.54) is 6.07 Å². The fourth-order valence-electron chi connectivity index (χ4n) is 3.97. The highest BCUT2D eigenvalue weighted by molar-refractivity contribution is 5.99. The average Bonchev–Trinajstić information content (AvgIpc) is 3.48. The second-order valence-electron chi connectivity index (χ2n) is 10.2. The number of amides is 3. The van der Waals surface area contributed by atoms with Crippen LogP contribution in [0.15, 0.2) is 42.5 Å². The Balaban J connectivity index is 1.93. The van der Waals surface area contributed by atoms with Crippen molar-refractivity contribution in [3.63, 3.8) is 0 Å². The number of carbonyl (C=O) groups is 3. The van der Waals surface area contributed by atoms with E-state index in [1.807, 2.05) is 38.1 Å². The van der Waals surface area contributed by atoms with Crippen molar-refractivity contribution in [3.05, 3.63) is 59.2 Å². The van der Waals surface area contributed by atoms with Gasteiger partial charge >= 0.3 is 6.09 Å². The Hall–Kier alpha value is -3.55. The predicted octanol–water partition coefficient (Wildman–Crippen LogP) is 4.45. The first-order valence-electron chi connectivity index (χ1n) is 11.8. The van der Waals surface area contributed by atoms with Gasteiger partial charge in [0.05, 0.1) is 0 Å². The normalized spacial score (nSPS) is 17.8. The summed E-state index contributed by atoms with van der Waals surface area (Å²) in [5.74, 6) is -0.432. The van der Waals surface area contributed by atoms with Crippen LogP contribution in [0.5, 0.6) is 5.75 Å². The third-order valence-corrected chi connectivity index (χ3v) is 5.96. The molecule has 0 aromatic heterocycles. The van der Waals surface area contributed by atoms with Crippen LogP contribution < -0.4 is 10.6 Å². The van der Waals surface area contributed by atoms with Crippen molar-refractivity contribution in [2.75, 3.05) is 11.9 Å². The summed E-state index contributed by atoms with van der Waals surface area (Å²) in [4.78, 5) is 40.9. The summed E-state index contributed by atoms with van der Waals surface area (Å²) in [5.41, 5.74) is 2.03. The van der Waals surface area contributed by atoms with Crippen LogP contribution in [0.1, 0.15) is 56.8 Å². The monoisotopic (exact) mass is 481 g/mol. The van der Waals surface area contributed by atoms with Gasteiger partial charge in [0.25, 0.3) is 5.91 Å². The first kappa shape index (κ1) is 26.1. The van der Waals surface area contributed by atoms with Gasteiger partial charge in [-0.15, -0.1) is 0 Å². The van der Waals surface area contributed by atoms with E-state index < -0.39 is 17.7 Å². The molecule has 188 valence electrons. The lowest BCUT2D eigenvalue weighted by Gasteiger charge is -2.32. The molecule has 0 bridgehead atoms. The molecule has 0 heterocycles. The first-order chi connectivity index (χ1) is 16.4. The number of para-hydroxylation sites is 1. The first-order valence-corrected chi connectivity index (χ1v) is 11.8. The van der Waals surface area contributed by atoms with Crippen LogP contribution in [0.3, 0.4) is 0 Å². The van der Waals surface area contributed by atoms with Gasteiger partial charge in [-0.1, -0.05) is 31.2 Å². The molecule has 1 fully saturated rings. The van der Waals surface area contributed by atoms with Crippen molar-refractivity contribution in [1.82, 2.24) is 10.2 Å². The molecule has 0 radical (unpaired) electrons. The highest BCUT2D eigenvalue weighted by Crippen LogP contribution is 2.41. The summed E-state index contributed by atoms with van der Waals surface area (Å²) in [7, 11) is 0. The van der Waals surface area contributed by atoms with Gasteiger partial charge in [-0.05, 0) is 81.8 Å². The second kappa shape index (κ2) is 10.4. The Morgan fingerprint density at radius 1 is 1.11 bits per heavy atom. The van der Waals surface area contributed by atoms with Crippen LogP contribution in [0.25, 0.3) is 0 Å². The molecule has 1 saturated carbocycles. The number of ether oxygens (including phenoxy) is 1. The molecular weight excluding hydrogens is 446 g/mol. The molecule has 1 aliphatic carbocycles. The van der Waals surface area contributed by atoms with Crippen molar-refractivity contribution in [2.45, 2.75) is 65.6 Å². The third kappa shape index (κ3) is 6.74. The van der Waals surface area contributed by atoms with Crippen LogP contribution in [0.4, 0.5) is 10.5 Å². The van der Waals surface area contributed by atoms with Crippen molar-refractivity contribution in [1.29, 1.82) is 0 Å². The lowest BCUT2D eigenvalue weighted by atomic mass is 10.00. The second-order valence-corrected chi connectivity index (χ2v) is 10.2. The minimum absolute atomic E-state index is 0.107. The van der Waals surface area contributed by atoms with E-state index in [2.05, 4.69) is 10.6 Å². The van der Waals surface area contributed by atoms with E-state index >= 15 is 0 Å². The molecule has 35 heavy (non-hydrogen) atoms. The van der Waals surface area contributed by atoms with Gasteiger partial charge < -0.3 is 25.4 Å². The van der Waals surface area contributed by atoms with Gasteiger partial charge in [0.1, 0.15) is 23.9 Å². The van der Waals surface area contributed by atoms with Crippen LogP contribution in [0, 0.1) is 19.8 Å². The lowest BCUT2D eigenvalue weighted by molar-refractivity contribution is -0.139. The molecule has 3 N–H and O–H groups in total. The highest BCUT2D eigenvalue weighted by Gasteiger charge is 2.46. The zero-order valence-electron chi connectivity index (χ0n) is 21.2. The largest absolute Gasteiger partial charge is 0.508 e. The maximum atomic E-state index is 13.7. The van der Waals surface area contributed by atoms with Crippen LogP contribution in [-0.2, 0) is 14.3 Å². The number of aromatic hydroxyl groups is 1. The molecule has 0 spiro atoms. The summed E-state index contributed by atoms with van der Waals surface area (Å²) >= 11 is 0. The maximum absolute atomic E-state index is 13.7. The number of phenols is 1. The van der Waals surface area contributed by atoms with E-state index in [0.717, 1.165) is 12.0 Å². The van der Waals surface area contributed by atoms with E-state index in [-0.39, 0.29) is 36.1 Å². The summed E-state index contributed by atoms with van der Waals surface area (Å²) in [6, 6.07) is 11.2. The van der Waals surface area contributed by atoms with Crippen LogP contribution in [-0.4, -0.2) is 46.1 Å². The Morgan fingerprint density at radius 3 is 2.34 bits per heavy atom. The molecule has 8 heteroatoms. The number of hydrogen-bond acceptors (Lipinski definition) is 5. The van der Waals surface area contributed by atoms with Crippen molar-refractivity contribution >= 4 is 23.6 Å². The van der Waals surface area contributed by atoms with E-state index in [9.17, 15) is 19.5 Å². The fourth-order valence-corrected chi connectivity index (χ4v) is 3.97. The lowest BCUT2D eigenvalue weighted by Crippen LogP contribution is -2.48. The summed E-state index contributed by atoms with van der Waals surface area (Å²) in [6.45, 7) is 10.6. The molecule has 0 aliphatic heterocycles. The molecule has 0 saturated heterocycles. The van der Waals surface area contributed by atoms with Crippen molar-refractivity contribution in [3.8, 4) is 5.75 Å². The Labute approximate surface area is 206 Å². The molecule has 3 unspecified atom stereocenters. The summed E-state index contributed by atoms with van der Waals surface area (Å²) in [5, 5.41) is 15.5. The minimum atomic E-state index is -0.947. The molecule has 2 aromatic rings. The van der Waals surface area contributed by atoms with Gasteiger partial charge in [0.2, 0.25) is 5.91 Å². The average molecular weight is 482 g/mol. The molecule has 1 aliphatic rings. The third-order valence-electron chi connectivity index (χ3n) is 5.96. The Morgan fingerprint density at radius 2 is 1.77 bits per heavy atom. The van der Waals surface area contributed by atoms with E-state index in [1.54, 1.807) is 44.7 Å². The zero-order valence-corrected chi connectivity index (χ0v) is 21.2. The van der Waals surface area contributed by atoms with Crippen molar-refractivity contribution in [2.24, 2.45) is 5.92 Å². The molecule has 3 amide bonds. The minimum Gasteiger partial charge on any atom is -0.508 e. The number of rotatable bonds is 7. The number of carbonyl (C=O) groups excluding carboxylic acids is 3. The number of aryl methyl sites for hydroxylation is 2. The number of anilines is 1. The molecule has 2 aromatic carbocycles. The number of alkyl carbamates (subject to hydrolysis) is 1. The van der Waals surface area contributed by atoms with Gasteiger partial charge in [0.15, 0.2) is 0 Å². The number of nitrogens with zero attached hydrogens (tertiary/aromatic N) is 1. The smallest absolute Gasteiger partial charge is 0.408 e. The standard InChI is InChI=1S/C27H35N3O5/c1-16-9-7-8-10-20(16)29-25(33)24(19-11-12-22(31)18(3)13-19)30(21-14-17(21)2)23(32)15-28-26(34)35-27(4,5)6/h7-13,17,21,24,31H,14-15H2,1-6H3,(H,28,34)(H,29,33). The van der Waals surface area contributed by atoms with Gasteiger partial charge in [0, 0.05) is 11.7 Å². The van der Waals surface area contributed by atoms with Crippen LogP contribution in [0.2, 0.25) is 0 Å². The molecule has 3 atom stereocenters. The summed E-state index contributed by atoms with van der Waals surface area (Å²) in [6.07, 6.45) is 0.0552. The molecule has 3 rings (SSSR count). The number of phenolic OH excluding ortho intramolecular Hbond substituents is 1. The maximum Gasteiger partial charge on any atom is 0.408 e. The number of hydrogen-bond donors (Lipinski definition) is 3. The van der Waals surface area contributed by atoms with Gasteiger partial charge in [-0.25, -0.2) is 4.79 Å². The zero-order chi connectivity index (χ0) is 25.9. The fraction of sp³-hybridized carbons (Fsp3) is 0.444. The highest BCUT2D eigenvalue weighted by atomic mass is 16.6. The van der Waals surface area contributed by atoms with E-state index in [0.29, 0.717) is 16.8 Å². The van der Waals surface area contributed by atoms with E-state index in [4.69, 9.17) is 4.74 Å². The predicted molar refractivity (Wildman–Crippen MR) is 134 cm³/mol. The Kier molecular flexibility index (Phi) is 7.73. The number of nitrogens with one attached hydrogen (secondary N) is 2. The number of benzene rings is 2. The SMILES string of the molecule is Cc1cc(C(C(=O)Nc2ccccc2C)N(C(=O)CNC(=O)OC(C)(C)C)C2CC2C)ccc1O.